The summed E-state index contributed by atoms with van der Waals surface area (Å²) in [6, 6.07) is 5.36. The number of aromatic nitrogens is 1. The van der Waals surface area contributed by atoms with E-state index < -0.39 is 0 Å². The van der Waals surface area contributed by atoms with Crippen LogP contribution in [0.1, 0.15) is 35.1 Å². The van der Waals surface area contributed by atoms with Crippen LogP contribution in [-0.4, -0.2) is 37.3 Å². The van der Waals surface area contributed by atoms with E-state index in [0.29, 0.717) is 54.4 Å². The van der Waals surface area contributed by atoms with Crippen molar-refractivity contribution in [3.8, 4) is 5.75 Å². The molecule has 0 unspecified atom stereocenters. The van der Waals surface area contributed by atoms with Gasteiger partial charge in [-0.15, -0.1) is 0 Å². The normalized spacial score (nSPS) is 18.1. The molecule has 0 atom stereocenters. The Labute approximate surface area is 144 Å². The maximum atomic E-state index is 12.8. The molecule has 2 aliphatic heterocycles. The molecule has 1 saturated heterocycles. The number of carbonyl (C=O) groups excluding carboxylic acids is 1. The minimum Gasteiger partial charge on any atom is -0.488 e. The SMILES string of the molecule is O=C(c1coc(C2CCOCC2)n1)N1CCOc2c(Cl)cccc21. The van der Waals surface area contributed by atoms with Gasteiger partial charge in [-0.05, 0) is 25.0 Å². The number of ether oxygens (including phenoxy) is 2. The highest BCUT2D eigenvalue weighted by atomic mass is 35.5. The van der Waals surface area contributed by atoms with Crippen molar-refractivity contribution >= 4 is 23.2 Å². The van der Waals surface area contributed by atoms with Crippen LogP contribution in [-0.2, 0) is 4.74 Å². The van der Waals surface area contributed by atoms with E-state index in [1.54, 1.807) is 17.0 Å². The van der Waals surface area contributed by atoms with Crippen molar-refractivity contribution in [2.45, 2.75) is 18.8 Å². The molecule has 24 heavy (non-hydrogen) atoms. The summed E-state index contributed by atoms with van der Waals surface area (Å²) in [5.74, 6) is 1.16. The molecule has 0 N–H and O–H groups in total. The van der Waals surface area contributed by atoms with E-state index in [-0.39, 0.29) is 11.8 Å². The fourth-order valence-corrected chi connectivity index (χ4v) is 3.30. The number of oxazole rings is 1. The first kappa shape index (κ1) is 15.5. The maximum Gasteiger partial charge on any atom is 0.280 e. The number of nitrogens with zero attached hydrogens (tertiary/aromatic N) is 2. The highest BCUT2D eigenvalue weighted by molar-refractivity contribution is 6.32. The summed E-state index contributed by atoms with van der Waals surface area (Å²) >= 11 is 6.15. The highest BCUT2D eigenvalue weighted by Crippen LogP contribution is 2.38. The fraction of sp³-hybridized carbons (Fsp3) is 0.412. The van der Waals surface area contributed by atoms with Gasteiger partial charge in [0.1, 0.15) is 12.9 Å². The van der Waals surface area contributed by atoms with E-state index in [1.165, 1.54) is 6.26 Å². The third kappa shape index (κ3) is 2.76. The zero-order chi connectivity index (χ0) is 16.5. The van der Waals surface area contributed by atoms with Crippen molar-refractivity contribution in [1.82, 2.24) is 4.98 Å². The monoisotopic (exact) mass is 348 g/mol. The second-order valence-corrected chi connectivity index (χ2v) is 6.26. The number of rotatable bonds is 2. The molecule has 126 valence electrons. The molecular weight excluding hydrogens is 332 g/mol. The third-order valence-corrected chi connectivity index (χ3v) is 4.65. The van der Waals surface area contributed by atoms with Gasteiger partial charge in [0, 0.05) is 19.1 Å². The second kappa shape index (κ2) is 6.45. The Morgan fingerprint density at radius 2 is 2.08 bits per heavy atom. The Kier molecular flexibility index (Phi) is 4.16. The average molecular weight is 349 g/mol. The van der Waals surface area contributed by atoms with Gasteiger partial charge in [0.15, 0.2) is 17.3 Å². The number of carbonyl (C=O) groups is 1. The Morgan fingerprint density at radius 1 is 1.25 bits per heavy atom. The van der Waals surface area contributed by atoms with E-state index >= 15 is 0 Å². The predicted molar refractivity (Wildman–Crippen MR) is 87.9 cm³/mol. The van der Waals surface area contributed by atoms with Crippen LogP contribution in [0.25, 0.3) is 0 Å². The van der Waals surface area contributed by atoms with Gasteiger partial charge in [-0.2, -0.15) is 0 Å². The minimum absolute atomic E-state index is 0.205. The smallest absolute Gasteiger partial charge is 0.280 e. The van der Waals surface area contributed by atoms with Gasteiger partial charge in [-0.1, -0.05) is 17.7 Å². The van der Waals surface area contributed by atoms with Gasteiger partial charge in [-0.25, -0.2) is 4.98 Å². The highest BCUT2D eigenvalue weighted by Gasteiger charge is 2.29. The Morgan fingerprint density at radius 3 is 2.92 bits per heavy atom. The number of hydrogen-bond donors (Lipinski definition) is 0. The van der Waals surface area contributed by atoms with Gasteiger partial charge < -0.3 is 13.9 Å². The van der Waals surface area contributed by atoms with Gasteiger partial charge in [0.2, 0.25) is 0 Å². The first-order valence-corrected chi connectivity index (χ1v) is 8.38. The summed E-state index contributed by atoms with van der Waals surface area (Å²) in [5.41, 5.74) is 0.971. The van der Waals surface area contributed by atoms with E-state index in [9.17, 15) is 4.79 Å². The average Bonchev–Trinajstić information content (AvgIpc) is 3.12. The van der Waals surface area contributed by atoms with E-state index in [4.69, 9.17) is 25.5 Å². The van der Waals surface area contributed by atoms with Crippen molar-refractivity contribution in [1.29, 1.82) is 0 Å². The van der Waals surface area contributed by atoms with Gasteiger partial charge in [-0.3, -0.25) is 9.69 Å². The topological polar surface area (TPSA) is 64.8 Å². The molecule has 0 aliphatic carbocycles. The zero-order valence-corrected chi connectivity index (χ0v) is 13.8. The number of fused-ring (bicyclic) bond motifs is 1. The number of para-hydroxylation sites is 1. The molecule has 6 nitrogen and oxygen atoms in total. The number of hydrogen-bond acceptors (Lipinski definition) is 5. The molecule has 0 radical (unpaired) electrons. The van der Waals surface area contributed by atoms with Crippen molar-refractivity contribution < 1.29 is 18.7 Å². The molecule has 0 bridgehead atoms. The number of benzene rings is 1. The van der Waals surface area contributed by atoms with Crippen molar-refractivity contribution in [2.24, 2.45) is 0 Å². The first-order valence-electron chi connectivity index (χ1n) is 8.00. The van der Waals surface area contributed by atoms with Crippen LogP contribution in [0, 0.1) is 0 Å². The third-order valence-electron chi connectivity index (χ3n) is 4.36. The maximum absolute atomic E-state index is 12.8. The predicted octanol–water partition coefficient (Wildman–Crippen LogP) is 3.26. The molecular formula is C17H17ClN2O4. The van der Waals surface area contributed by atoms with E-state index in [2.05, 4.69) is 4.98 Å². The summed E-state index contributed by atoms with van der Waals surface area (Å²) in [4.78, 5) is 18.9. The van der Waals surface area contributed by atoms with Crippen LogP contribution in [0.15, 0.2) is 28.9 Å². The molecule has 1 amide bonds. The summed E-state index contributed by atoms with van der Waals surface area (Å²) in [5, 5.41) is 0.494. The molecule has 2 aromatic rings. The standard InChI is InChI=1S/C17H17ClN2O4/c18-12-2-1-3-14-15(12)23-9-6-20(14)17(21)13-10-24-16(19-13)11-4-7-22-8-5-11/h1-3,10-11H,4-9H2. The molecule has 3 heterocycles. The van der Waals surface area contributed by atoms with Gasteiger partial charge in [0.05, 0.1) is 17.3 Å². The van der Waals surface area contributed by atoms with Crippen LogP contribution in [0.3, 0.4) is 0 Å². The van der Waals surface area contributed by atoms with Crippen LogP contribution in [0.4, 0.5) is 5.69 Å². The summed E-state index contributed by atoms with van der Waals surface area (Å²) < 4.78 is 16.5. The van der Waals surface area contributed by atoms with Crippen molar-refractivity contribution in [2.75, 3.05) is 31.3 Å². The van der Waals surface area contributed by atoms with Gasteiger partial charge in [0.25, 0.3) is 5.91 Å². The molecule has 4 rings (SSSR count). The lowest BCUT2D eigenvalue weighted by molar-refractivity contribution is 0.0794. The molecule has 2 aliphatic rings. The van der Waals surface area contributed by atoms with Crippen LogP contribution < -0.4 is 9.64 Å². The van der Waals surface area contributed by atoms with Crippen LogP contribution in [0.5, 0.6) is 5.75 Å². The number of anilines is 1. The molecule has 7 heteroatoms. The Hall–Kier alpha value is -2.05. The Bertz CT molecular complexity index is 755. The van der Waals surface area contributed by atoms with E-state index in [0.717, 1.165) is 12.8 Å². The van der Waals surface area contributed by atoms with Crippen molar-refractivity contribution in [3.63, 3.8) is 0 Å². The minimum atomic E-state index is -0.205. The van der Waals surface area contributed by atoms with E-state index in [1.807, 2.05) is 6.07 Å². The van der Waals surface area contributed by atoms with Gasteiger partial charge >= 0.3 is 0 Å². The van der Waals surface area contributed by atoms with Crippen LogP contribution in [0.2, 0.25) is 5.02 Å². The fourth-order valence-electron chi connectivity index (χ4n) is 3.08. The van der Waals surface area contributed by atoms with Crippen LogP contribution >= 0.6 is 11.6 Å². The largest absolute Gasteiger partial charge is 0.488 e. The molecule has 1 aromatic carbocycles. The summed E-state index contributed by atoms with van der Waals surface area (Å²) in [7, 11) is 0. The lowest BCUT2D eigenvalue weighted by atomic mass is 10.0. The number of halogens is 1. The molecule has 1 aromatic heterocycles. The molecule has 1 fully saturated rings. The number of amides is 1. The second-order valence-electron chi connectivity index (χ2n) is 5.85. The lowest BCUT2D eigenvalue weighted by Crippen LogP contribution is -2.38. The quantitative estimate of drug-likeness (QED) is 0.833. The summed E-state index contributed by atoms with van der Waals surface area (Å²) in [6.45, 7) is 2.25. The summed E-state index contributed by atoms with van der Waals surface area (Å²) in [6.07, 6.45) is 3.17. The molecule has 0 spiro atoms. The lowest BCUT2D eigenvalue weighted by Gasteiger charge is -2.29. The zero-order valence-electron chi connectivity index (χ0n) is 13.0. The first-order chi connectivity index (χ1) is 11.7. The van der Waals surface area contributed by atoms with Crippen molar-refractivity contribution in [3.05, 3.63) is 41.1 Å². The molecule has 0 saturated carbocycles. The Balaban J connectivity index is 1.59.